The van der Waals surface area contributed by atoms with E-state index in [0.717, 1.165) is 11.3 Å². The zero-order valence-corrected chi connectivity index (χ0v) is 16.9. The van der Waals surface area contributed by atoms with E-state index in [2.05, 4.69) is 4.99 Å². The van der Waals surface area contributed by atoms with Crippen molar-refractivity contribution in [1.82, 2.24) is 4.57 Å². The fraction of sp³-hybridized carbons (Fsp3) is 0.286. The number of para-hydroxylation sites is 1. The lowest BCUT2D eigenvalue weighted by molar-refractivity contribution is -0.158. The van der Waals surface area contributed by atoms with Gasteiger partial charge in [0.1, 0.15) is 23.2 Å². The molecule has 0 saturated heterocycles. The quantitative estimate of drug-likeness (QED) is 0.601. The van der Waals surface area contributed by atoms with Gasteiger partial charge in [-0.2, -0.15) is 0 Å². The summed E-state index contributed by atoms with van der Waals surface area (Å²) in [6.07, 6.45) is 1.70. The monoisotopic (exact) mass is 410 g/mol. The van der Waals surface area contributed by atoms with E-state index in [4.69, 9.17) is 13.9 Å². The van der Waals surface area contributed by atoms with E-state index in [-0.39, 0.29) is 5.56 Å². The summed E-state index contributed by atoms with van der Waals surface area (Å²) in [5.41, 5.74) is -0.626. The van der Waals surface area contributed by atoms with Crippen molar-refractivity contribution in [3.05, 3.63) is 73.2 Å². The van der Waals surface area contributed by atoms with Crippen molar-refractivity contribution in [2.75, 3.05) is 7.11 Å². The van der Waals surface area contributed by atoms with Crippen LogP contribution in [-0.4, -0.2) is 23.4 Å². The number of esters is 1. The molecule has 3 aromatic rings. The summed E-state index contributed by atoms with van der Waals surface area (Å²) in [6, 6.07) is 10.5. The molecule has 0 aliphatic carbocycles. The van der Waals surface area contributed by atoms with E-state index in [1.807, 2.05) is 43.3 Å². The number of fused-ring (bicyclic) bond motifs is 6. The van der Waals surface area contributed by atoms with E-state index in [0.29, 0.717) is 20.8 Å². The summed E-state index contributed by atoms with van der Waals surface area (Å²) in [7, 11) is 1.33. The molecule has 5 rings (SSSR count). The molecule has 0 fully saturated rings. The highest BCUT2D eigenvalue weighted by atomic mass is 32.1. The number of benzene rings is 1. The topological polar surface area (TPSA) is 83.0 Å². The zero-order chi connectivity index (χ0) is 20.3. The number of furan rings is 1. The van der Waals surface area contributed by atoms with Crippen LogP contribution in [0.3, 0.4) is 0 Å². The normalized spacial score (nSPS) is 24.9. The summed E-state index contributed by atoms with van der Waals surface area (Å²) < 4.78 is 18.9. The van der Waals surface area contributed by atoms with Gasteiger partial charge in [0, 0.05) is 11.6 Å². The fourth-order valence-electron chi connectivity index (χ4n) is 4.09. The molecule has 0 unspecified atom stereocenters. The van der Waals surface area contributed by atoms with Crippen LogP contribution in [0.5, 0.6) is 5.75 Å². The Labute approximate surface area is 169 Å². The first-order valence-corrected chi connectivity index (χ1v) is 9.98. The van der Waals surface area contributed by atoms with Crippen LogP contribution < -0.4 is 19.6 Å². The number of hydrogen-bond acceptors (Lipinski definition) is 7. The molecule has 0 N–H and O–H groups in total. The molecular formula is C21H18N2O5S. The number of aromatic nitrogens is 1. The Morgan fingerprint density at radius 2 is 2.10 bits per heavy atom. The standard InChI is InChI=1S/C21H18N2O5S/c1-11-8-9-12(27-11)10-15-18(24)23-17-13-6-4-5-7-14(13)28-21(2,22-20(23)29-15)16(17)19(25)26-3/h4-10,16-17H,1-3H3/b15-10-/t16-,17+,21+/m0/s1. The van der Waals surface area contributed by atoms with Crippen molar-refractivity contribution in [3.8, 4) is 5.75 Å². The number of hydrogen-bond donors (Lipinski definition) is 0. The van der Waals surface area contributed by atoms with Crippen LogP contribution in [0.4, 0.5) is 0 Å². The molecule has 8 heteroatoms. The van der Waals surface area contributed by atoms with E-state index >= 15 is 0 Å². The third kappa shape index (κ3) is 2.59. The average Bonchev–Trinajstić information content (AvgIpc) is 3.23. The maximum absolute atomic E-state index is 13.3. The third-order valence-corrected chi connectivity index (χ3v) is 6.35. The molecule has 0 spiro atoms. The van der Waals surface area contributed by atoms with Crippen molar-refractivity contribution in [2.45, 2.75) is 25.6 Å². The van der Waals surface area contributed by atoms with Gasteiger partial charge in [0.2, 0.25) is 5.72 Å². The summed E-state index contributed by atoms with van der Waals surface area (Å²) >= 11 is 1.25. The SMILES string of the molecule is COC(=O)[C@@H]1[C@H]2c3ccccc3O[C@@]1(C)N=c1s/c(=C\c3ccc(C)o3)c(=O)n12. The smallest absolute Gasteiger partial charge is 0.317 e. The predicted molar refractivity (Wildman–Crippen MR) is 105 cm³/mol. The van der Waals surface area contributed by atoms with Gasteiger partial charge in [-0.1, -0.05) is 29.5 Å². The molecular weight excluding hydrogens is 392 g/mol. The van der Waals surface area contributed by atoms with Gasteiger partial charge in [0.05, 0.1) is 17.7 Å². The van der Waals surface area contributed by atoms with Crippen LogP contribution >= 0.6 is 11.3 Å². The van der Waals surface area contributed by atoms with Crippen molar-refractivity contribution in [1.29, 1.82) is 0 Å². The van der Waals surface area contributed by atoms with Crippen molar-refractivity contribution in [2.24, 2.45) is 10.9 Å². The van der Waals surface area contributed by atoms with Gasteiger partial charge in [-0.15, -0.1) is 0 Å². The third-order valence-electron chi connectivity index (χ3n) is 5.37. The molecule has 2 aliphatic rings. The number of carbonyl (C=O) groups is 1. The maximum Gasteiger partial charge on any atom is 0.317 e. The Hall–Kier alpha value is -3.13. The molecule has 2 aromatic heterocycles. The molecule has 7 nitrogen and oxygen atoms in total. The number of rotatable bonds is 2. The first kappa shape index (κ1) is 17.9. The molecule has 2 aliphatic heterocycles. The van der Waals surface area contributed by atoms with Crippen LogP contribution in [0.15, 0.2) is 50.6 Å². The zero-order valence-electron chi connectivity index (χ0n) is 16.0. The van der Waals surface area contributed by atoms with Crippen LogP contribution in [0.1, 0.15) is 30.0 Å². The van der Waals surface area contributed by atoms with Crippen molar-refractivity contribution >= 4 is 23.4 Å². The van der Waals surface area contributed by atoms with Gasteiger partial charge in [-0.05, 0) is 32.0 Å². The predicted octanol–water partition coefficient (Wildman–Crippen LogP) is 1.76. The van der Waals surface area contributed by atoms with Crippen molar-refractivity contribution in [3.63, 3.8) is 0 Å². The first-order chi connectivity index (χ1) is 13.9. The first-order valence-electron chi connectivity index (χ1n) is 9.16. The molecule has 0 amide bonds. The lowest BCUT2D eigenvalue weighted by Crippen LogP contribution is -2.58. The Bertz CT molecular complexity index is 1320. The summed E-state index contributed by atoms with van der Waals surface area (Å²) in [6.45, 7) is 3.60. The Morgan fingerprint density at radius 1 is 1.31 bits per heavy atom. The molecule has 29 heavy (non-hydrogen) atoms. The molecule has 1 aromatic carbocycles. The average molecular weight is 410 g/mol. The summed E-state index contributed by atoms with van der Waals surface area (Å²) in [5.74, 6) is 0.723. The second-order valence-electron chi connectivity index (χ2n) is 7.27. The number of aryl methyl sites for hydroxylation is 1. The molecule has 4 heterocycles. The Kier molecular flexibility index (Phi) is 3.82. The van der Waals surface area contributed by atoms with Gasteiger partial charge in [0.15, 0.2) is 4.80 Å². The molecule has 0 saturated carbocycles. The van der Waals surface area contributed by atoms with Gasteiger partial charge in [0.25, 0.3) is 5.56 Å². The van der Waals surface area contributed by atoms with Crippen LogP contribution in [-0.2, 0) is 9.53 Å². The highest BCUT2D eigenvalue weighted by Gasteiger charge is 2.55. The van der Waals surface area contributed by atoms with Gasteiger partial charge in [-0.3, -0.25) is 14.2 Å². The minimum Gasteiger partial charge on any atom is -0.469 e. The van der Waals surface area contributed by atoms with Crippen LogP contribution in [0.25, 0.3) is 6.08 Å². The summed E-state index contributed by atoms with van der Waals surface area (Å²) in [5, 5.41) is 0. The fourth-order valence-corrected chi connectivity index (χ4v) is 5.17. The van der Waals surface area contributed by atoms with Gasteiger partial charge in [-0.25, -0.2) is 4.99 Å². The second kappa shape index (κ2) is 6.18. The number of ether oxygens (including phenoxy) is 2. The molecule has 0 radical (unpaired) electrons. The molecule has 3 atom stereocenters. The molecule has 2 bridgehead atoms. The van der Waals surface area contributed by atoms with Gasteiger partial charge >= 0.3 is 5.97 Å². The maximum atomic E-state index is 13.3. The Morgan fingerprint density at radius 3 is 2.83 bits per heavy atom. The van der Waals surface area contributed by atoms with E-state index in [9.17, 15) is 9.59 Å². The van der Waals surface area contributed by atoms with E-state index < -0.39 is 23.7 Å². The van der Waals surface area contributed by atoms with E-state index in [1.54, 1.807) is 17.6 Å². The van der Waals surface area contributed by atoms with Crippen LogP contribution in [0.2, 0.25) is 0 Å². The van der Waals surface area contributed by atoms with Crippen LogP contribution in [0, 0.1) is 12.8 Å². The largest absolute Gasteiger partial charge is 0.469 e. The number of methoxy groups -OCH3 is 1. The van der Waals surface area contributed by atoms with Crippen molar-refractivity contribution < 1.29 is 18.7 Å². The minimum absolute atomic E-state index is 0.222. The lowest BCUT2D eigenvalue weighted by atomic mass is 9.81. The highest BCUT2D eigenvalue weighted by Crippen LogP contribution is 2.47. The minimum atomic E-state index is -1.16. The molecule has 148 valence electrons. The number of nitrogens with zero attached hydrogens (tertiary/aromatic N) is 2. The lowest BCUT2D eigenvalue weighted by Gasteiger charge is -2.44. The second-order valence-corrected chi connectivity index (χ2v) is 8.28. The summed E-state index contributed by atoms with van der Waals surface area (Å²) in [4.78, 5) is 31.3. The van der Waals surface area contributed by atoms with E-state index in [1.165, 1.54) is 18.4 Å². The Balaban J connectivity index is 1.81. The number of carbonyl (C=O) groups excluding carboxylic acids is 1. The number of thiazole rings is 1. The van der Waals surface area contributed by atoms with Gasteiger partial charge < -0.3 is 13.9 Å². The highest BCUT2D eigenvalue weighted by molar-refractivity contribution is 7.07.